The highest BCUT2D eigenvalue weighted by Gasteiger charge is 2.10. The average molecular weight is 431 g/mol. The molecule has 31 heavy (non-hydrogen) atoms. The Bertz CT molecular complexity index is 1280. The van der Waals surface area contributed by atoms with Crippen molar-refractivity contribution >= 4 is 46.2 Å². The van der Waals surface area contributed by atoms with Crippen LogP contribution in [0.2, 0.25) is 5.02 Å². The number of nitrogens with one attached hydrogen (secondary N) is 3. The number of amides is 2. The van der Waals surface area contributed by atoms with E-state index >= 15 is 0 Å². The molecule has 0 bridgehead atoms. The zero-order valence-corrected chi connectivity index (χ0v) is 17.2. The van der Waals surface area contributed by atoms with Crippen molar-refractivity contribution in [1.29, 1.82) is 0 Å². The minimum Gasteiger partial charge on any atom is -0.361 e. The van der Waals surface area contributed by atoms with Crippen LogP contribution >= 0.6 is 11.6 Å². The number of halogens is 1. The van der Waals surface area contributed by atoms with Gasteiger partial charge in [-0.1, -0.05) is 54.1 Å². The van der Waals surface area contributed by atoms with E-state index < -0.39 is 0 Å². The Labute approximate surface area is 183 Å². The molecule has 0 aliphatic heterocycles. The highest BCUT2D eigenvalue weighted by Crippen LogP contribution is 2.19. The van der Waals surface area contributed by atoms with Gasteiger partial charge in [0.1, 0.15) is 0 Å². The predicted octanol–water partition coefficient (Wildman–Crippen LogP) is 4.77. The maximum atomic E-state index is 12.4. The Morgan fingerprint density at radius 1 is 1.00 bits per heavy atom. The van der Waals surface area contributed by atoms with E-state index in [4.69, 9.17) is 11.6 Å². The molecule has 6 nitrogen and oxygen atoms in total. The van der Waals surface area contributed by atoms with Crippen LogP contribution in [0.4, 0.5) is 5.69 Å². The van der Waals surface area contributed by atoms with E-state index in [1.165, 1.54) is 6.21 Å². The van der Waals surface area contributed by atoms with Gasteiger partial charge in [0, 0.05) is 22.8 Å². The van der Waals surface area contributed by atoms with Crippen molar-refractivity contribution in [3.8, 4) is 0 Å². The van der Waals surface area contributed by atoms with Crippen molar-refractivity contribution < 1.29 is 9.59 Å². The first kappa shape index (κ1) is 20.4. The molecule has 7 heteroatoms. The number of nitrogens with zero attached hydrogens (tertiary/aromatic N) is 1. The predicted molar refractivity (Wildman–Crippen MR) is 124 cm³/mol. The first-order valence-electron chi connectivity index (χ1n) is 9.63. The van der Waals surface area contributed by atoms with Gasteiger partial charge < -0.3 is 10.3 Å². The number of benzene rings is 3. The monoisotopic (exact) mass is 430 g/mol. The summed E-state index contributed by atoms with van der Waals surface area (Å²) in [5.41, 5.74) is 6.16. The molecule has 0 aliphatic carbocycles. The third-order valence-electron chi connectivity index (χ3n) is 4.69. The summed E-state index contributed by atoms with van der Waals surface area (Å²) in [6.45, 7) is 0. The number of hydrogen-bond acceptors (Lipinski definition) is 3. The zero-order valence-electron chi connectivity index (χ0n) is 16.4. The van der Waals surface area contributed by atoms with Crippen molar-refractivity contribution in [3.63, 3.8) is 0 Å². The van der Waals surface area contributed by atoms with Crippen molar-refractivity contribution in [1.82, 2.24) is 10.4 Å². The first-order chi connectivity index (χ1) is 15.1. The normalized spacial score (nSPS) is 11.0. The van der Waals surface area contributed by atoms with Gasteiger partial charge in [-0.3, -0.25) is 9.59 Å². The topological polar surface area (TPSA) is 86.3 Å². The molecule has 154 valence electrons. The summed E-state index contributed by atoms with van der Waals surface area (Å²) >= 11 is 6.07. The lowest BCUT2D eigenvalue weighted by Gasteiger charge is -2.07. The van der Waals surface area contributed by atoms with Gasteiger partial charge in [0.05, 0.1) is 23.2 Å². The largest absolute Gasteiger partial charge is 0.361 e. The molecule has 2 amide bonds. The quantitative estimate of drug-likeness (QED) is 0.304. The highest BCUT2D eigenvalue weighted by atomic mass is 35.5. The molecule has 0 unspecified atom stereocenters. The molecular weight excluding hydrogens is 412 g/mol. The van der Waals surface area contributed by atoms with Gasteiger partial charge in [-0.25, -0.2) is 5.43 Å². The van der Waals surface area contributed by atoms with E-state index in [0.29, 0.717) is 16.3 Å². The lowest BCUT2D eigenvalue weighted by Crippen LogP contribution is -2.19. The first-order valence-corrected chi connectivity index (χ1v) is 10.0. The summed E-state index contributed by atoms with van der Waals surface area (Å²) in [6, 6.07) is 21.8. The molecule has 0 fully saturated rings. The summed E-state index contributed by atoms with van der Waals surface area (Å²) in [4.78, 5) is 27.8. The number of H-pyrrole nitrogens is 1. The van der Waals surface area contributed by atoms with Gasteiger partial charge in [0.25, 0.3) is 5.91 Å². The number of rotatable bonds is 6. The van der Waals surface area contributed by atoms with Crippen molar-refractivity contribution in [2.24, 2.45) is 5.10 Å². The van der Waals surface area contributed by atoms with E-state index in [9.17, 15) is 9.59 Å². The summed E-state index contributed by atoms with van der Waals surface area (Å²) in [5.74, 6) is -0.518. The van der Waals surface area contributed by atoms with Gasteiger partial charge in [-0.15, -0.1) is 0 Å². The fraction of sp³-hybridized carbons (Fsp3) is 0.0417. The van der Waals surface area contributed by atoms with Gasteiger partial charge in [-0.2, -0.15) is 5.10 Å². The van der Waals surface area contributed by atoms with Crippen LogP contribution in [-0.4, -0.2) is 23.0 Å². The van der Waals surface area contributed by atoms with Crippen LogP contribution in [0, 0.1) is 0 Å². The molecule has 0 radical (unpaired) electrons. The van der Waals surface area contributed by atoms with E-state index in [1.807, 2.05) is 36.5 Å². The second-order valence-corrected chi connectivity index (χ2v) is 7.30. The zero-order chi connectivity index (χ0) is 21.6. The molecule has 1 aromatic heterocycles. The molecule has 0 aliphatic rings. The lowest BCUT2D eigenvalue weighted by molar-refractivity contribution is -0.120. The highest BCUT2D eigenvalue weighted by molar-refractivity contribution is 6.34. The number of para-hydroxylation sites is 1. The Hall–Kier alpha value is -3.90. The van der Waals surface area contributed by atoms with E-state index in [-0.39, 0.29) is 18.2 Å². The lowest BCUT2D eigenvalue weighted by atomic mass is 10.1. The standard InChI is InChI=1S/C24H19ClN4O2/c25-21-10-3-1-9-20(21)24(31)28-18-7-5-6-16(12-18)14-27-29-23(30)13-17-15-26-22-11-4-2-8-19(17)22/h1-12,14-15,26H,13H2,(H,28,31)(H,29,30)/b27-14+. The van der Waals surface area contributed by atoms with Crippen molar-refractivity contribution in [3.05, 3.63) is 101 Å². The molecule has 0 saturated carbocycles. The van der Waals surface area contributed by atoms with E-state index in [0.717, 1.165) is 22.0 Å². The SMILES string of the molecule is O=C(Cc1c[nH]c2ccccc12)N/N=C/c1cccc(NC(=O)c2ccccc2Cl)c1. The second kappa shape index (κ2) is 9.28. The van der Waals surface area contributed by atoms with Crippen LogP contribution in [0.25, 0.3) is 10.9 Å². The number of carbonyl (C=O) groups is 2. The molecule has 3 aromatic carbocycles. The number of hydrazone groups is 1. The fourth-order valence-electron chi connectivity index (χ4n) is 3.21. The minimum atomic E-state index is -0.299. The van der Waals surface area contributed by atoms with E-state index in [1.54, 1.807) is 42.5 Å². The number of carbonyl (C=O) groups excluding carboxylic acids is 2. The van der Waals surface area contributed by atoms with Crippen LogP contribution in [0.15, 0.2) is 84.1 Å². The van der Waals surface area contributed by atoms with E-state index in [2.05, 4.69) is 20.8 Å². The molecule has 1 heterocycles. The van der Waals surface area contributed by atoms with Crippen molar-refractivity contribution in [2.45, 2.75) is 6.42 Å². The number of aromatic nitrogens is 1. The van der Waals surface area contributed by atoms with Gasteiger partial charge >= 0.3 is 0 Å². The van der Waals surface area contributed by atoms with Crippen molar-refractivity contribution in [2.75, 3.05) is 5.32 Å². The maximum Gasteiger partial charge on any atom is 0.257 e. The fourth-order valence-corrected chi connectivity index (χ4v) is 3.43. The molecule has 4 aromatic rings. The minimum absolute atomic E-state index is 0.218. The molecule has 0 atom stereocenters. The third kappa shape index (κ3) is 4.99. The molecule has 3 N–H and O–H groups in total. The molecule has 0 spiro atoms. The van der Waals surface area contributed by atoms with Crippen LogP contribution in [0.1, 0.15) is 21.5 Å². The summed E-state index contributed by atoms with van der Waals surface area (Å²) in [5, 5.41) is 8.24. The van der Waals surface area contributed by atoms with Crippen LogP contribution < -0.4 is 10.7 Å². The number of aromatic amines is 1. The van der Waals surface area contributed by atoms with Crippen LogP contribution in [0.5, 0.6) is 0 Å². The van der Waals surface area contributed by atoms with Gasteiger partial charge in [0.15, 0.2) is 0 Å². The molecule has 4 rings (SSSR count). The number of fused-ring (bicyclic) bond motifs is 1. The summed E-state index contributed by atoms with van der Waals surface area (Å²) in [7, 11) is 0. The van der Waals surface area contributed by atoms with Crippen LogP contribution in [-0.2, 0) is 11.2 Å². The molecule has 0 saturated heterocycles. The Morgan fingerprint density at radius 2 is 1.81 bits per heavy atom. The summed E-state index contributed by atoms with van der Waals surface area (Å²) < 4.78 is 0. The summed E-state index contributed by atoms with van der Waals surface area (Å²) in [6.07, 6.45) is 3.58. The van der Waals surface area contributed by atoms with Gasteiger partial charge in [0.2, 0.25) is 5.91 Å². The maximum absolute atomic E-state index is 12.4. The Kier molecular flexibility index (Phi) is 6.10. The smallest absolute Gasteiger partial charge is 0.257 e. The van der Waals surface area contributed by atoms with Crippen LogP contribution in [0.3, 0.4) is 0 Å². The Morgan fingerprint density at radius 3 is 2.68 bits per heavy atom. The Balaban J connectivity index is 1.36. The van der Waals surface area contributed by atoms with Gasteiger partial charge in [-0.05, 0) is 41.5 Å². The third-order valence-corrected chi connectivity index (χ3v) is 5.02. The average Bonchev–Trinajstić information content (AvgIpc) is 3.17. The molecular formula is C24H19ClN4O2. The number of anilines is 1. The second-order valence-electron chi connectivity index (χ2n) is 6.89. The number of hydrogen-bond donors (Lipinski definition) is 3.